The van der Waals surface area contributed by atoms with E-state index >= 15 is 0 Å². The third kappa shape index (κ3) is 6.69. The maximum Gasteiger partial charge on any atom is 0.249 e. The standard InChI is InChI=1S/C34H40N2O4/c1-5-35(25(3)29-19-11-15-27-13-7-9-17-31(27)29)33(37)23-39-21-22-40-24-34(38)36(6-2)26(4)30-20-12-16-28-14-8-10-18-32(28)30/h7-20,25-26H,5-6,21-24H2,1-4H3. The third-order valence-electron chi connectivity index (χ3n) is 7.63. The van der Waals surface area contributed by atoms with Gasteiger partial charge < -0.3 is 19.3 Å². The molecule has 4 rings (SSSR count). The van der Waals surface area contributed by atoms with Crippen LogP contribution in [-0.4, -0.2) is 61.1 Å². The molecule has 2 unspecified atom stereocenters. The number of likely N-dealkylation sites (N-methyl/N-ethyl adjacent to an activating group) is 2. The highest BCUT2D eigenvalue weighted by Crippen LogP contribution is 2.29. The maximum atomic E-state index is 13.0. The molecular weight excluding hydrogens is 500 g/mol. The van der Waals surface area contributed by atoms with Crippen molar-refractivity contribution in [1.82, 2.24) is 9.80 Å². The molecule has 0 radical (unpaired) electrons. The van der Waals surface area contributed by atoms with Gasteiger partial charge in [-0.15, -0.1) is 0 Å². The van der Waals surface area contributed by atoms with Gasteiger partial charge in [0.1, 0.15) is 13.2 Å². The summed E-state index contributed by atoms with van der Waals surface area (Å²) in [6.07, 6.45) is 0. The zero-order valence-corrected chi connectivity index (χ0v) is 24.0. The smallest absolute Gasteiger partial charge is 0.249 e. The minimum Gasteiger partial charge on any atom is -0.369 e. The van der Waals surface area contributed by atoms with Gasteiger partial charge in [-0.2, -0.15) is 0 Å². The Labute approximate surface area is 237 Å². The van der Waals surface area contributed by atoms with E-state index in [9.17, 15) is 9.59 Å². The van der Waals surface area contributed by atoms with Gasteiger partial charge in [0.2, 0.25) is 11.8 Å². The third-order valence-corrected chi connectivity index (χ3v) is 7.63. The quantitative estimate of drug-likeness (QED) is 0.181. The van der Waals surface area contributed by atoms with Crippen LogP contribution in [0.3, 0.4) is 0 Å². The summed E-state index contributed by atoms with van der Waals surface area (Å²) in [5.74, 6) is -0.139. The monoisotopic (exact) mass is 540 g/mol. The Balaban J connectivity index is 1.24. The van der Waals surface area contributed by atoms with E-state index in [2.05, 4.69) is 62.4 Å². The Hall–Kier alpha value is -3.74. The maximum absolute atomic E-state index is 13.0. The molecule has 6 nitrogen and oxygen atoms in total. The highest BCUT2D eigenvalue weighted by atomic mass is 16.5. The largest absolute Gasteiger partial charge is 0.369 e. The van der Waals surface area contributed by atoms with Gasteiger partial charge >= 0.3 is 0 Å². The summed E-state index contributed by atoms with van der Waals surface area (Å²) in [5, 5.41) is 4.62. The highest BCUT2D eigenvalue weighted by molar-refractivity contribution is 5.88. The van der Waals surface area contributed by atoms with Gasteiger partial charge in [-0.1, -0.05) is 84.9 Å². The number of amides is 2. The van der Waals surface area contributed by atoms with Crippen molar-refractivity contribution in [2.45, 2.75) is 39.8 Å². The fraction of sp³-hybridized carbons (Fsp3) is 0.353. The number of carbonyl (C=O) groups excluding carboxylic acids is 2. The molecule has 0 fully saturated rings. The van der Waals surface area contributed by atoms with Crippen LogP contribution < -0.4 is 0 Å². The predicted molar refractivity (Wildman–Crippen MR) is 161 cm³/mol. The second-order valence-corrected chi connectivity index (χ2v) is 9.95. The van der Waals surface area contributed by atoms with Crippen molar-refractivity contribution < 1.29 is 19.1 Å². The summed E-state index contributed by atoms with van der Waals surface area (Å²) >= 11 is 0. The summed E-state index contributed by atoms with van der Waals surface area (Å²) < 4.78 is 11.3. The summed E-state index contributed by atoms with van der Waals surface area (Å²) in [4.78, 5) is 29.7. The number of hydrogen-bond acceptors (Lipinski definition) is 4. The molecule has 6 heteroatoms. The average molecular weight is 541 g/mol. The lowest BCUT2D eigenvalue weighted by Crippen LogP contribution is -2.37. The molecule has 0 aliphatic heterocycles. The van der Waals surface area contributed by atoms with Crippen LogP contribution in [0, 0.1) is 0 Å². The Bertz CT molecular complexity index is 1320. The number of rotatable bonds is 13. The van der Waals surface area contributed by atoms with Crippen LogP contribution in [0.4, 0.5) is 0 Å². The van der Waals surface area contributed by atoms with Gasteiger partial charge in [-0.25, -0.2) is 0 Å². The van der Waals surface area contributed by atoms with Crippen molar-refractivity contribution in [2.24, 2.45) is 0 Å². The van der Waals surface area contributed by atoms with Crippen LogP contribution in [0.15, 0.2) is 84.9 Å². The molecule has 2 atom stereocenters. The van der Waals surface area contributed by atoms with Gasteiger partial charge in [0.15, 0.2) is 0 Å². The van der Waals surface area contributed by atoms with E-state index in [1.54, 1.807) is 0 Å². The topological polar surface area (TPSA) is 59.1 Å². The first-order valence-corrected chi connectivity index (χ1v) is 14.2. The van der Waals surface area contributed by atoms with Crippen molar-refractivity contribution in [3.05, 3.63) is 96.1 Å². The molecule has 2 amide bonds. The van der Waals surface area contributed by atoms with Crippen LogP contribution in [0.1, 0.15) is 50.9 Å². The molecule has 0 aliphatic carbocycles. The molecular formula is C34H40N2O4. The fourth-order valence-electron chi connectivity index (χ4n) is 5.50. The predicted octanol–water partition coefficient (Wildman–Crippen LogP) is 6.55. The van der Waals surface area contributed by atoms with Crippen molar-refractivity contribution in [1.29, 1.82) is 0 Å². The zero-order valence-electron chi connectivity index (χ0n) is 24.0. The van der Waals surface area contributed by atoms with Crippen molar-refractivity contribution in [3.8, 4) is 0 Å². The fourth-order valence-corrected chi connectivity index (χ4v) is 5.50. The van der Waals surface area contributed by atoms with Crippen LogP contribution in [-0.2, 0) is 19.1 Å². The van der Waals surface area contributed by atoms with E-state index in [1.807, 2.05) is 60.0 Å². The Morgan fingerprint density at radius 1 is 0.600 bits per heavy atom. The van der Waals surface area contributed by atoms with E-state index < -0.39 is 0 Å². The molecule has 0 aliphatic rings. The first kappa shape index (κ1) is 29.2. The first-order chi connectivity index (χ1) is 19.5. The zero-order chi connectivity index (χ0) is 28.5. The summed E-state index contributed by atoms with van der Waals surface area (Å²) in [7, 11) is 0. The molecule has 210 valence electrons. The van der Waals surface area contributed by atoms with Crippen LogP contribution in [0.25, 0.3) is 21.5 Å². The number of hydrogen-bond donors (Lipinski definition) is 0. The molecule has 40 heavy (non-hydrogen) atoms. The van der Waals surface area contributed by atoms with Crippen LogP contribution in [0.5, 0.6) is 0 Å². The molecule has 4 aromatic rings. The number of ether oxygens (including phenoxy) is 2. The van der Waals surface area contributed by atoms with Crippen LogP contribution >= 0.6 is 0 Å². The van der Waals surface area contributed by atoms with Gasteiger partial charge in [0, 0.05) is 13.1 Å². The first-order valence-electron chi connectivity index (χ1n) is 14.2. The van der Waals surface area contributed by atoms with Crippen LogP contribution in [0.2, 0.25) is 0 Å². The molecule has 0 saturated carbocycles. The Morgan fingerprint density at radius 3 is 1.38 bits per heavy atom. The summed E-state index contributed by atoms with van der Waals surface area (Å²) in [5.41, 5.74) is 2.24. The second kappa shape index (κ2) is 14.1. The molecule has 0 N–H and O–H groups in total. The summed E-state index contributed by atoms with van der Waals surface area (Å²) in [6.45, 7) is 9.65. The number of benzene rings is 4. The molecule has 0 heterocycles. The number of carbonyl (C=O) groups is 2. The second-order valence-electron chi connectivity index (χ2n) is 9.95. The van der Waals surface area contributed by atoms with E-state index in [-0.39, 0.29) is 50.3 Å². The SMILES string of the molecule is CCN(C(=O)COCCOCC(=O)N(CC)C(C)c1cccc2ccccc12)C(C)c1cccc2ccccc12. The van der Waals surface area contributed by atoms with Gasteiger partial charge in [-0.3, -0.25) is 9.59 Å². The number of nitrogens with zero attached hydrogens (tertiary/aromatic N) is 2. The average Bonchev–Trinajstić information content (AvgIpc) is 2.98. The van der Waals surface area contributed by atoms with E-state index in [4.69, 9.17) is 9.47 Å². The van der Waals surface area contributed by atoms with Crippen molar-refractivity contribution in [2.75, 3.05) is 39.5 Å². The van der Waals surface area contributed by atoms with Gasteiger partial charge in [-0.05, 0) is 60.4 Å². The van der Waals surface area contributed by atoms with Gasteiger partial charge in [0.25, 0.3) is 0 Å². The van der Waals surface area contributed by atoms with Gasteiger partial charge in [0.05, 0.1) is 25.3 Å². The van der Waals surface area contributed by atoms with Crippen molar-refractivity contribution in [3.63, 3.8) is 0 Å². The Kier molecular flexibility index (Phi) is 10.3. The molecule has 0 spiro atoms. The molecule has 4 aromatic carbocycles. The minimum absolute atomic E-state index is 0.0283. The normalized spacial score (nSPS) is 12.8. The lowest BCUT2D eigenvalue weighted by atomic mass is 9.98. The summed E-state index contributed by atoms with van der Waals surface area (Å²) in [6, 6.07) is 28.7. The van der Waals surface area contributed by atoms with E-state index in [1.165, 1.54) is 0 Å². The lowest BCUT2D eigenvalue weighted by molar-refractivity contribution is -0.141. The minimum atomic E-state index is -0.0789. The Morgan fingerprint density at radius 2 is 0.975 bits per heavy atom. The molecule has 0 bridgehead atoms. The molecule has 0 saturated heterocycles. The highest BCUT2D eigenvalue weighted by Gasteiger charge is 2.23. The lowest BCUT2D eigenvalue weighted by Gasteiger charge is -2.29. The van der Waals surface area contributed by atoms with Crippen molar-refractivity contribution >= 4 is 33.4 Å². The molecule has 0 aromatic heterocycles. The van der Waals surface area contributed by atoms with E-state index in [0.29, 0.717) is 13.1 Å². The van der Waals surface area contributed by atoms with E-state index in [0.717, 1.165) is 32.7 Å². The number of fused-ring (bicyclic) bond motifs is 2.